The topological polar surface area (TPSA) is 62.6 Å². The third-order valence-electron chi connectivity index (χ3n) is 5.11. The molecule has 2 atom stereocenters. The van der Waals surface area contributed by atoms with E-state index in [1.807, 2.05) is 7.05 Å². The van der Waals surface area contributed by atoms with Crippen LogP contribution in [0.4, 0.5) is 0 Å². The Bertz CT molecular complexity index is 936. The molecule has 7 heteroatoms. The van der Waals surface area contributed by atoms with Gasteiger partial charge in [-0.2, -0.15) is 4.31 Å². The number of aryl methyl sites for hydroxylation is 1. The number of piperidine rings is 1. The molecule has 26 heavy (non-hydrogen) atoms. The second-order valence-electron chi connectivity index (χ2n) is 7.78. The molecule has 0 saturated carbocycles. The molecule has 1 saturated heterocycles. The van der Waals surface area contributed by atoms with Gasteiger partial charge in [0, 0.05) is 45.1 Å². The van der Waals surface area contributed by atoms with Gasteiger partial charge in [0.1, 0.15) is 5.69 Å². The summed E-state index contributed by atoms with van der Waals surface area (Å²) >= 11 is 0. The molecule has 142 valence electrons. The lowest BCUT2D eigenvalue weighted by Gasteiger charge is -2.34. The van der Waals surface area contributed by atoms with Gasteiger partial charge in [0.15, 0.2) is 0 Å². The van der Waals surface area contributed by atoms with Crippen LogP contribution in [0.1, 0.15) is 30.8 Å². The molecule has 0 N–H and O–H groups in total. The minimum atomic E-state index is -3.53. The van der Waals surface area contributed by atoms with Gasteiger partial charge in [-0.3, -0.25) is 4.79 Å². The summed E-state index contributed by atoms with van der Waals surface area (Å²) in [5, 5.41) is 0.761. The third kappa shape index (κ3) is 3.25. The van der Waals surface area contributed by atoms with Crippen LogP contribution in [0.3, 0.4) is 0 Å². The van der Waals surface area contributed by atoms with Crippen molar-refractivity contribution in [3.8, 4) is 0 Å². The largest absolute Gasteiger partial charge is 0.343 e. The molecular weight excluding hydrogens is 350 g/mol. The minimum Gasteiger partial charge on any atom is -0.343 e. The molecule has 0 spiro atoms. The van der Waals surface area contributed by atoms with E-state index in [1.165, 1.54) is 4.90 Å². The van der Waals surface area contributed by atoms with E-state index < -0.39 is 10.0 Å². The molecule has 1 fully saturated rings. The zero-order valence-electron chi connectivity index (χ0n) is 16.1. The molecule has 2 unspecified atom stereocenters. The predicted octanol–water partition coefficient (Wildman–Crippen LogP) is 2.55. The fraction of sp³-hybridized carbons (Fsp3) is 0.526. The molecule has 0 bridgehead atoms. The summed E-state index contributed by atoms with van der Waals surface area (Å²) in [4.78, 5) is 14.1. The first-order valence-corrected chi connectivity index (χ1v) is 10.4. The van der Waals surface area contributed by atoms with E-state index in [9.17, 15) is 13.2 Å². The maximum absolute atomic E-state index is 13.1. The first-order valence-electron chi connectivity index (χ1n) is 8.92. The van der Waals surface area contributed by atoms with Crippen molar-refractivity contribution in [3.63, 3.8) is 0 Å². The van der Waals surface area contributed by atoms with E-state index in [2.05, 4.69) is 13.8 Å². The van der Waals surface area contributed by atoms with E-state index in [0.29, 0.717) is 35.5 Å². The van der Waals surface area contributed by atoms with E-state index in [0.717, 1.165) is 17.3 Å². The number of nitrogens with zero attached hydrogens (tertiary/aromatic N) is 3. The average Bonchev–Trinajstić information content (AvgIpc) is 2.89. The molecular formula is C19H27N3O3S. The maximum Gasteiger partial charge on any atom is 0.269 e. The van der Waals surface area contributed by atoms with Gasteiger partial charge in [-0.1, -0.05) is 13.8 Å². The summed E-state index contributed by atoms with van der Waals surface area (Å²) in [7, 11) is 1.70. The summed E-state index contributed by atoms with van der Waals surface area (Å²) in [5.74, 6) is 0.614. The number of sulfonamides is 1. The van der Waals surface area contributed by atoms with Crippen molar-refractivity contribution in [2.45, 2.75) is 25.2 Å². The van der Waals surface area contributed by atoms with Crippen molar-refractivity contribution in [3.05, 3.63) is 30.0 Å². The van der Waals surface area contributed by atoms with Crippen LogP contribution in [0.15, 0.2) is 29.2 Å². The van der Waals surface area contributed by atoms with E-state index in [4.69, 9.17) is 0 Å². The predicted molar refractivity (Wildman–Crippen MR) is 103 cm³/mol. The van der Waals surface area contributed by atoms with Gasteiger partial charge in [-0.25, -0.2) is 8.42 Å². The number of hydrogen-bond donors (Lipinski definition) is 0. The highest BCUT2D eigenvalue weighted by molar-refractivity contribution is 7.89. The highest BCUT2D eigenvalue weighted by atomic mass is 32.2. The van der Waals surface area contributed by atoms with Crippen LogP contribution in [0, 0.1) is 11.8 Å². The Labute approximate surface area is 155 Å². The number of carbonyl (C=O) groups excluding carboxylic acids is 1. The number of rotatable bonds is 3. The molecule has 1 aliphatic rings. The first kappa shape index (κ1) is 18.9. The SMILES string of the molecule is CC1CC(C)CN(S(=O)(=O)c2ccc3c(c2)cc(C(=O)N(C)C)n3C)C1. The molecule has 3 rings (SSSR count). The second-order valence-corrected chi connectivity index (χ2v) is 9.71. The molecule has 0 aliphatic carbocycles. The van der Waals surface area contributed by atoms with Crippen molar-refractivity contribution < 1.29 is 13.2 Å². The summed E-state index contributed by atoms with van der Waals surface area (Å²) in [5.41, 5.74) is 1.38. The standard InChI is InChI=1S/C19H27N3O3S/c1-13-8-14(2)12-22(11-13)26(24,25)16-6-7-17-15(9-16)10-18(21(17)5)19(23)20(3)4/h6-7,9-10,13-14H,8,11-12H2,1-5H3. The van der Waals surface area contributed by atoms with E-state index in [1.54, 1.807) is 47.2 Å². The minimum absolute atomic E-state index is 0.105. The van der Waals surface area contributed by atoms with Crippen LogP contribution in [-0.2, 0) is 17.1 Å². The number of carbonyl (C=O) groups is 1. The number of aromatic nitrogens is 1. The molecule has 1 aromatic carbocycles. The molecule has 0 radical (unpaired) electrons. The highest BCUT2D eigenvalue weighted by Crippen LogP contribution is 2.29. The Morgan fingerprint density at radius 3 is 2.31 bits per heavy atom. The zero-order valence-corrected chi connectivity index (χ0v) is 16.9. The lowest BCUT2D eigenvalue weighted by molar-refractivity contribution is 0.0819. The number of benzene rings is 1. The van der Waals surface area contributed by atoms with Crippen LogP contribution in [0.2, 0.25) is 0 Å². The Morgan fingerprint density at radius 1 is 1.12 bits per heavy atom. The van der Waals surface area contributed by atoms with Crippen molar-refractivity contribution in [2.24, 2.45) is 18.9 Å². The van der Waals surface area contributed by atoms with Gasteiger partial charge in [0.25, 0.3) is 5.91 Å². The summed E-state index contributed by atoms with van der Waals surface area (Å²) in [6.07, 6.45) is 1.06. The summed E-state index contributed by atoms with van der Waals surface area (Å²) in [6.45, 7) is 5.31. The van der Waals surface area contributed by atoms with Crippen LogP contribution in [0.5, 0.6) is 0 Å². The van der Waals surface area contributed by atoms with Gasteiger partial charge in [-0.05, 0) is 42.5 Å². The van der Waals surface area contributed by atoms with Crippen molar-refractivity contribution in [2.75, 3.05) is 27.2 Å². The Balaban J connectivity index is 2.02. The highest BCUT2D eigenvalue weighted by Gasteiger charge is 2.32. The molecule has 1 aliphatic heterocycles. The summed E-state index contributed by atoms with van der Waals surface area (Å²) in [6, 6.07) is 6.87. The molecule has 1 amide bonds. The number of hydrogen-bond acceptors (Lipinski definition) is 3. The molecule has 1 aromatic heterocycles. The van der Waals surface area contributed by atoms with Crippen molar-refractivity contribution in [1.29, 1.82) is 0 Å². The van der Waals surface area contributed by atoms with Crippen LogP contribution in [-0.4, -0.2) is 55.3 Å². The molecule has 2 aromatic rings. The van der Waals surface area contributed by atoms with Gasteiger partial charge in [0.2, 0.25) is 10.0 Å². The summed E-state index contributed by atoms with van der Waals surface area (Å²) < 4.78 is 29.6. The molecule has 6 nitrogen and oxygen atoms in total. The Morgan fingerprint density at radius 2 is 1.73 bits per heavy atom. The lowest BCUT2D eigenvalue weighted by Crippen LogP contribution is -2.42. The van der Waals surface area contributed by atoms with Gasteiger partial charge >= 0.3 is 0 Å². The fourth-order valence-corrected chi connectivity index (χ4v) is 5.59. The van der Waals surface area contributed by atoms with Crippen molar-refractivity contribution in [1.82, 2.24) is 13.8 Å². The lowest BCUT2D eigenvalue weighted by atomic mass is 9.94. The van der Waals surface area contributed by atoms with Gasteiger partial charge in [-0.15, -0.1) is 0 Å². The third-order valence-corrected chi connectivity index (χ3v) is 6.94. The Hall–Kier alpha value is -1.86. The van der Waals surface area contributed by atoms with Crippen LogP contribution < -0.4 is 0 Å². The fourth-order valence-electron chi connectivity index (χ4n) is 3.87. The smallest absolute Gasteiger partial charge is 0.269 e. The zero-order chi connectivity index (χ0) is 19.2. The van der Waals surface area contributed by atoms with Crippen LogP contribution in [0.25, 0.3) is 10.9 Å². The first-order chi connectivity index (χ1) is 12.1. The second kappa shape index (κ2) is 6.70. The maximum atomic E-state index is 13.1. The quantitative estimate of drug-likeness (QED) is 0.826. The van der Waals surface area contributed by atoms with Gasteiger partial charge < -0.3 is 9.47 Å². The average molecular weight is 378 g/mol. The monoisotopic (exact) mass is 377 g/mol. The van der Waals surface area contributed by atoms with Crippen LogP contribution >= 0.6 is 0 Å². The van der Waals surface area contributed by atoms with Crippen molar-refractivity contribution >= 4 is 26.8 Å². The Kier molecular flexibility index (Phi) is 4.88. The van der Waals surface area contributed by atoms with E-state index >= 15 is 0 Å². The molecule has 2 heterocycles. The normalized spacial score (nSPS) is 21.9. The van der Waals surface area contributed by atoms with Gasteiger partial charge in [0.05, 0.1) is 4.90 Å². The van der Waals surface area contributed by atoms with E-state index in [-0.39, 0.29) is 5.91 Å². The number of amides is 1. The number of fused-ring (bicyclic) bond motifs is 1.